The van der Waals surface area contributed by atoms with Gasteiger partial charge >= 0.3 is 0 Å². The van der Waals surface area contributed by atoms with Crippen LogP contribution in [-0.4, -0.2) is 17.9 Å². The molecule has 0 aliphatic carbocycles. The maximum atomic E-state index is 9.77. The first-order valence-electron chi connectivity index (χ1n) is 5.40. The van der Waals surface area contributed by atoms with E-state index in [0.29, 0.717) is 6.54 Å². The first-order valence-corrected chi connectivity index (χ1v) is 5.40. The quantitative estimate of drug-likeness (QED) is 0.686. The molecule has 4 N–H and O–H groups in total. The van der Waals surface area contributed by atoms with Crippen LogP contribution >= 0.6 is 0 Å². The molecular formula is C12H18N2O. The van der Waals surface area contributed by atoms with Crippen molar-refractivity contribution in [1.82, 2.24) is 0 Å². The second-order valence-corrected chi connectivity index (χ2v) is 4.51. The predicted octanol–water partition coefficient (Wildman–Crippen LogP) is 1.43. The highest BCUT2D eigenvalue weighted by atomic mass is 16.3. The molecule has 15 heavy (non-hydrogen) atoms. The summed E-state index contributed by atoms with van der Waals surface area (Å²) in [6.07, 6.45) is 1.17. The number of anilines is 1. The fraction of sp³-hybridized carbons (Fsp3) is 0.500. The number of nitrogens with two attached hydrogens (primary N) is 1. The Bertz CT molecular complexity index is 353. The Labute approximate surface area is 90.3 Å². The van der Waals surface area contributed by atoms with E-state index in [4.69, 9.17) is 5.73 Å². The molecule has 0 fully saturated rings. The van der Waals surface area contributed by atoms with Crippen molar-refractivity contribution in [2.24, 2.45) is 5.73 Å². The van der Waals surface area contributed by atoms with Gasteiger partial charge in [0.25, 0.3) is 0 Å². The Morgan fingerprint density at radius 3 is 3.00 bits per heavy atom. The lowest BCUT2D eigenvalue weighted by molar-refractivity contribution is 0.149. The van der Waals surface area contributed by atoms with Crippen molar-refractivity contribution in [3.05, 3.63) is 29.8 Å². The van der Waals surface area contributed by atoms with Gasteiger partial charge in [-0.3, -0.25) is 0 Å². The third-order valence-corrected chi connectivity index (χ3v) is 3.24. The number of para-hydroxylation sites is 1. The smallest absolute Gasteiger partial charge is 0.125 e. The Morgan fingerprint density at radius 2 is 2.27 bits per heavy atom. The fourth-order valence-corrected chi connectivity index (χ4v) is 2.46. The molecular weight excluding hydrogens is 188 g/mol. The highest BCUT2D eigenvalue weighted by molar-refractivity contribution is 5.57. The monoisotopic (exact) mass is 206 g/mol. The Hall–Kier alpha value is -1.06. The van der Waals surface area contributed by atoms with Crippen molar-refractivity contribution in [2.75, 3.05) is 11.9 Å². The zero-order valence-electron chi connectivity index (χ0n) is 9.03. The van der Waals surface area contributed by atoms with Crippen LogP contribution in [-0.2, 0) is 5.41 Å². The fourth-order valence-electron chi connectivity index (χ4n) is 2.46. The molecule has 1 heterocycles. The van der Waals surface area contributed by atoms with Gasteiger partial charge in [-0.15, -0.1) is 0 Å². The third-order valence-electron chi connectivity index (χ3n) is 3.24. The van der Waals surface area contributed by atoms with Crippen LogP contribution in [0, 0.1) is 0 Å². The summed E-state index contributed by atoms with van der Waals surface area (Å²) < 4.78 is 0. The van der Waals surface area contributed by atoms with E-state index < -0.39 is 6.23 Å². The van der Waals surface area contributed by atoms with Gasteiger partial charge in [0.15, 0.2) is 0 Å². The van der Waals surface area contributed by atoms with E-state index in [1.807, 2.05) is 18.2 Å². The zero-order valence-corrected chi connectivity index (χ0v) is 9.03. The van der Waals surface area contributed by atoms with Crippen molar-refractivity contribution < 1.29 is 5.11 Å². The number of hydrogen-bond donors (Lipinski definition) is 3. The predicted molar refractivity (Wildman–Crippen MR) is 61.7 cm³/mol. The number of fused-ring (bicyclic) bond motifs is 1. The molecule has 2 rings (SSSR count). The lowest BCUT2D eigenvalue weighted by Crippen LogP contribution is -2.39. The van der Waals surface area contributed by atoms with Gasteiger partial charge < -0.3 is 16.2 Å². The molecule has 0 saturated heterocycles. The largest absolute Gasteiger partial charge is 0.374 e. The van der Waals surface area contributed by atoms with Crippen LogP contribution in [0.3, 0.4) is 0 Å². The van der Waals surface area contributed by atoms with Gasteiger partial charge in [-0.1, -0.05) is 25.1 Å². The third kappa shape index (κ3) is 1.85. The van der Waals surface area contributed by atoms with Gasteiger partial charge in [0.1, 0.15) is 6.23 Å². The minimum atomic E-state index is -0.462. The van der Waals surface area contributed by atoms with Crippen LogP contribution in [0.2, 0.25) is 0 Å². The molecule has 0 saturated carbocycles. The van der Waals surface area contributed by atoms with E-state index in [1.165, 1.54) is 5.56 Å². The van der Waals surface area contributed by atoms with E-state index in [9.17, 15) is 5.11 Å². The first-order chi connectivity index (χ1) is 7.15. The number of aliphatic hydroxyl groups is 1. The van der Waals surface area contributed by atoms with Gasteiger partial charge in [-0.2, -0.15) is 0 Å². The van der Waals surface area contributed by atoms with E-state index in [0.717, 1.165) is 18.5 Å². The van der Waals surface area contributed by atoms with Crippen LogP contribution in [0.25, 0.3) is 0 Å². The number of aliphatic hydroxyl groups excluding tert-OH is 1. The maximum absolute atomic E-state index is 9.77. The maximum Gasteiger partial charge on any atom is 0.125 e. The number of rotatable bonds is 2. The van der Waals surface area contributed by atoms with Crippen LogP contribution in [0.4, 0.5) is 5.69 Å². The summed E-state index contributed by atoms with van der Waals surface area (Å²) in [6, 6.07) is 8.13. The second kappa shape index (κ2) is 3.83. The molecule has 1 aliphatic heterocycles. The number of benzene rings is 1. The minimum absolute atomic E-state index is 0.00396. The van der Waals surface area contributed by atoms with Gasteiger partial charge in [0.05, 0.1) is 0 Å². The van der Waals surface area contributed by atoms with Crippen molar-refractivity contribution in [2.45, 2.75) is 31.4 Å². The van der Waals surface area contributed by atoms with Gasteiger partial charge in [-0.05, 0) is 30.0 Å². The minimum Gasteiger partial charge on any atom is -0.374 e. The summed E-state index contributed by atoms with van der Waals surface area (Å²) >= 11 is 0. The molecule has 2 atom stereocenters. The van der Waals surface area contributed by atoms with Gasteiger partial charge in [0, 0.05) is 12.1 Å². The molecule has 3 nitrogen and oxygen atoms in total. The molecule has 1 aliphatic rings. The van der Waals surface area contributed by atoms with Crippen molar-refractivity contribution in [3.8, 4) is 0 Å². The Kier molecular flexibility index (Phi) is 2.67. The molecule has 1 aromatic carbocycles. The molecule has 0 aromatic heterocycles. The zero-order chi connectivity index (χ0) is 10.9. The summed E-state index contributed by atoms with van der Waals surface area (Å²) in [4.78, 5) is 0. The van der Waals surface area contributed by atoms with Crippen LogP contribution < -0.4 is 11.1 Å². The molecule has 0 radical (unpaired) electrons. The molecule has 82 valence electrons. The van der Waals surface area contributed by atoms with E-state index in [2.05, 4.69) is 18.3 Å². The molecule has 2 unspecified atom stereocenters. The molecule has 3 heteroatoms. The van der Waals surface area contributed by atoms with Crippen LogP contribution in [0.15, 0.2) is 24.3 Å². The summed E-state index contributed by atoms with van der Waals surface area (Å²) in [5.41, 5.74) is 7.94. The van der Waals surface area contributed by atoms with Crippen molar-refractivity contribution >= 4 is 5.69 Å². The van der Waals surface area contributed by atoms with Crippen molar-refractivity contribution in [1.29, 1.82) is 0 Å². The molecule has 1 aromatic rings. The molecule has 0 bridgehead atoms. The average molecular weight is 206 g/mol. The van der Waals surface area contributed by atoms with Crippen LogP contribution in [0.1, 0.15) is 25.3 Å². The number of nitrogens with one attached hydrogen (secondary N) is 1. The van der Waals surface area contributed by atoms with Gasteiger partial charge in [0.2, 0.25) is 0 Å². The summed E-state index contributed by atoms with van der Waals surface area (Å²) in [7, 11) is 0. The summed E-state index contributed by atoms with van der Waals surface area (Å²) in [6.45, 7) is 2.82. The Balaban J connectivity index is 2.42. The standard InChI is InChI=1S/C12H18N2O/c1-12(6-7-13)8-11(15)14-10-5-3-2-4-9(10)12/h2-5,11,14-15H,6-8,13H2,1H3. The lowest BCUT2D eigenvalue weighted by atomic mass is 9.73. The van der Waals surface area contributed by atoms with E-state index in [-0.39, 0.29) is 5.41 Å². The van der Waals surface area contributed by atoms with Crippen LogP contribution in [0.5, 0.6) is 0 Å². The highest BCUT2D eigenvalue weighted by Gasteiger charge is 2.34. The second-order valence-electron chi connectivity index (χ2n) is 4.51. The topological polar surface area (TPSA) is 58.3 Å². The van der Waals surface area contributed by atoms with Gasteiger partial charge in [-0.25, -0.2) is 0 Å². The van der Waals surface area contributed by atoms with E-state index in [1.54, 1.807) is 0 Å². The lowest BCUT2D eigenvalue weighted by Gasteiger charge is -2.39. The Morgan fingerprint density at radius 1 is 1.53 bits per heavy atom. The van der Waals surface area contributed by atoms with Crippen molar-refractivity contribution in [3.63, 3.8) is 0 Å². The highest BCUT2D eigenvalue weighted by Crippen LogP contribution is 2.40. The molecule has 0 amide bonds. The SMILES string of the molecule is CC1(CCN)CC(O)Nc2ccccc21. The summed E-state index contributed by atoms with van der Waals surface area (Å²) in [5.74, 6) is 0. The average Bonchev–Trinajstić information content (AvgIpc) is 2.17. The number of hydrogen-bond acceptors (Lipinski definition) is 3. The summed E-state index contributed by atoms with van der Waals surface area (Å²) in [5, 5.41) is 12.9. The normalized spacial score (nSPS) is 29.4. The molecule has 0 spiro atoms. The first kappa shape index (κ1) is 10.5. The van der Waals surface area contributed by atoms with E-state index >= 15 is 0 Å².